The largest absolute Gasteiger partial charge is 0.489 e. The quantitative estimate of drug-likeness (QED) is 0.634. The summed E-state index contributed by atoms with van der Waals surface area (Å²) in [6.07, 6.45) is 0. The first-order valence-corrected chi connectivity index (χ1v) is 6.75. The summed E-state index contributed by atoms with van der Waals surface area (Å²) < 4.78 is 17.2. The Bertz CT molecular complexity index is 879. The van der Waals surface area contributed by atoms with Crippen LogP contribution in [-0.4, -0.2) is 13.2 Å². The molecule has 0 saturated carbocycles. The van der Waals surface area contributed by atoms with E-state index >= 15 is 0 Å². The number of fused-ring (bicyclic) bond motifs is 4. The van der Waals surface area contributed by atoms with Crippen molar-refractivity contribution in [3.8, 4) is 22.8 Å². The number of ether oxygens (including phenoxy) is 2. The summed E-state index contributed by atoms with van der Waals surface area (Å²) in [5, 5.41) is 0.523. The average molecular weight is 280 g/mol. The first-order chi connectivity index (χ1) is 10.3. The van der Waals surface area contributed by atoms with Crippen LogP contribution in [0.2, 0.25) is 0 Å². The van der Waals surface area contributed by atoms with E-state index in [4.69, 9.17) is 13.9 Å². The van der Waals surface area contributed by atoms with Crippen LogP contribution in [0.4, 0.5) is 0 Å². The lowest BCUT2D eigenvalue weighted by molar-refractivity contribution is 0.209. The van der Waals surface area contributed by atoms with Crippen molar-refractivity contribution in [2.45, 2.75) is 0 Å². The summed E-state index contributed by atoms with van der Waals surface area (Å²) in [5.74, 6) is 1.37. The molecule has 104 valence electrons. The van der Waals surface area contributed by atoms with Gasteiger partial charge in [-0.2, -0.15) is 0 Å². The molecule has 2 aromatic carbocycles. The van der Waals surface area contributed by atoms with Crippen LogP contribution in [0.25, 0.3) is 22.3 Å². The van der Waals surface area contributed by atoms with Crippen molar-refractivity contribution in [3.63, 3.8) is 0 Å². The maximum absolute atomic E-state index is 12.6. The van der Waals surface area contributed by atoms with Crippen molar-refractivity contribution in [3.05, 3.63) is 58.8 Å². The molecule has 0 bridgehead atoms. The molecule has 0 saturated heterocycles. The van der Waals surface area contributed by atoms with Gasteiger partial charge in [0.25, 0.3) is 0 Å². The summed E-state index contributed by atoms with van der Waals surface area (Å²) in [7, 11) is 0. The Morgan fingerprint density at radius 3 is 2.57 bits per heavy atom. The lowest BCUT2D eigenvalue weighted by atomic mass is 10.1. The van der Waals surface area contributed by atoms with E-state index in [1.54, 1.807) is 12.1 Å². The summed E-state index contributed by atoms with van der Waals surface area (Å²) in [4.78, 5) is 12.6. The third-order valence-electron chi connectivity index (χ3n) is 3.48. The molecule has 21 heavy (non-hydrogen) atoms. The molecule has 0 aliphatic carbocycles. The van der Waals surface area contributed by atoms with Gasteiger partial charge in [-0.05, 0) is 24.3 Å². The first-order valence-electron chi connectivity index (χ1n) is 6.75. The highest BCUT2D eigenvalue weighted by molar-refractivity contribution is 5.83. The minimum Gasteiger partial charge on any atom is -0.489 e. The zero-order valence-electron chi connectivity index (χ0n) is 11.2. The molecule has 4 nitrogen and oxygen atoms in total. The molecule has 0 fully saturated rings. The molecule has 1 aliphatic rings. The standard InChI is InChI=1S/C17H12O4/c18-15-11-5-1-4-8-14(11)21-16-12-6-2-3-7-13(12)19-9-10-20-17(15)16/h1-8H,9-10H2. The van der Waals surface area contributed by atoms with Gasteiger partial charge in [0.05, 0.1) is 10.9 Å². The minimum atomic E-state index is -0.149. The molecule has 2 heterocycles. The topological polar surface area (TPSA) is 48.7 Å². The summed E-state index contributed by atoms with van der Waals surface area (Å²) in [6, 6.07) is 14.7. The highest BCUT2D eigenvalue weighted by Crippen LogP contribution is 2.37. The van der Waals surface area contributed by atoms with E-state index in [2.05, 4.69) is 0 Å². The highest BCUT2D eigenvalue weighted by Gasteiger charge is 2.22. The number of benzene rings is 2. The maximum Gasteiger partial charge on any atom is 0.235 e. The first kappa shape index (κ1) is 12.0. The van der Waals surface area contributed by atoms with Crippen molar-refractivity contribution < 1.29 is 13.9 Å². The number of para-hydroxylation sites is 2. The van der Waals surface area contributed by atoms with Gasteiger partial charge in [0, 0.05) is 0 Å². The molecule has 0 unspecified atom stereocenters. The number of hydrogen-bond acceptors (Lipinski definition) is 4. The molecule has 1 aromatic heterocycles. The third-order valence-corrected chi connectivity index (χ3v) is 3.48. The second-order valence-corrected chi connectivity index (χ2v) is 4.78. The predicted octanol–water partition coefficient (Wildman–Crippen LogP) is 3.23. The fourth-order valence-corrected chi connectivity index (χ4v) is 2.51. The second-order valence-electron chi connectivity index (χ2n) is 4.78. The van der Waals surface area contributed by atoms with E-state index < -0.39 is 0 Å². The van der Waals surface area contributed by atoms with E-state index in [0.29, 0.717) is 35.7 Å². The zero-order valence-corrected chi connectivity index (χ0v) is 11.2. The van der Waals surface area contributed by atoms with E-state index in [1.165, 1.54) is 0 Å². The van der Waals surface area contributed by atoms with E-state index in [1.807, 2.05) is 36.4 Å². The lowest BCUT2D eigenvalue weighted by Crippen LogP contribution is -2.17. The smallest absolute Gasteiger partial charge is 0.235 e. The molecule has 3 aromatic rings. The van der Waals surface area contributed by atoms with Crippen LogP contribution >= 0.6 is 0 Å². The average Bonchev–Trinajstić information content (AvgIpc) is 2.51. The molecule has 4 rings (SSSR count). The Labute approximate surface area is 120 Å². The van der Waals surface area contributed by atoms with Crippen molar-refractivity contribution in [2.24, 2.45) is 0 Å². The van der Waals surface area contributed by atoms with Gasteiger partial charge >= 0.3 is 0 Å². The van der Waals surface area contributed by atoms with Gasteiger partial charge in [-0.15, -0.1) is 0 Å². The molecule has 1 aliphatic heterocycles. The Morgan fingerprint density at radius 2 is 1.62 bits per heavy atom. The van der Waals surface area contributed by atoms with Crippen LogP contribution in [0, 0.1) is 0 Å². The normalized spacial score (nSPS) is 13.3. The molecule has 0 atom stereocenters. The van der Waals surface area contributed by atoms with Gasteiger partial charge in [-0.1, -0.05) is 24.3 Å². The SMILES string of the molecule is O=c1c2c(oc3ccccc13)-c1ccccc1OCCO2. The second kappa shape index (κ2) is 4.66. The Morgan fingerprint density at radius 1 is 0.857 bits per heavy atom. The highest BCUT2D eigenvalue weighted by atomic mass is 16.5. The van der Waals surface area contributed by atoms with Crippen LogP contribution in [0.15, 0.2) is 57.7 Å². The van der Waals surface area contributed by atoms with Crippen LogP contribution in [-0.2, 0) is 0 Å². The van der Waals surface area contributed by atoms with Crippen LogP contribution in [0.5, 0.6) is 11.5 Å². The molecule has 4 heteroatoms. The van der Waals surface area contributed by atoms with Gasteiger partial charge < -0.3 is 13.9 Å². The van der Waals surface area contributed by atoms with E-state index in [9.17, 15) is 4.79 Å². The van der Waals surface area contributed by atoms with Crippen molar-refractivity contribution >= 4 is 11.0 Å². The molecular formula is C17H12O4. The van der Waals surface area contributed by atoms with Gasteiger partial charge in [-0.25, -0.2) is 0 Å². The zero-order chi connectivity index (χ0) is 14.2. The summed E-state index contributed by atoms with van der Waals surface area (Å²) in [6.45, 7) is 0.702. The van der Waals surface area contributed by atoms with Crippen LogP contribution < -0.4 is 14.9 Å². The minimum absolute atomic E-state index is 0.149. The molecule has 0 spiro atoms. The number of rotatable bonds is 0. The van der Waals surface area contributed by atoms with Crippen molar-refractivity contribution in [1.29, 1.82) is 0 Å². The predicted molar refractivity (Wildman–Crippen MR) is 78.9 cm³/mol. The number of hydrogen-bond donors (Lipinski definition) is 0. The fourth-order valence-electron chi connectivity index (χ4n) is 2.51. The van der Waals surface area contributed by atoms with Gasteiger partial charge in [-0.3, -0.25) is 4.79 Å². The third kappa shape index (κ3) is 1.88. The van der Waals surface area contributed by atoms with Crippen molar-refractivity contribution in [2.75, 3.05) is 13.2 Å². The molecule has 0 radical (unpaired) electrons. The fraction of sp³-hybridized carbons (Fsp3) is 0.118. The summed E-state index contributed by atoms with van der Waals surface area (Å²) >= 11 is 0. The Balaban J connectivity index is 2.11. The Hall–Kier alpha value is -2.75. The van der Waals surface area contributed by atoms with Crippen LogP contribution in [0.1, 0.15) is 0 Å². The van der Waals surface area contributed by atoms with E-state index in [0.717, 1.165) is 5.56 Å². The maximum atomic E-state index is 12.6. The van der Waals surface area contributed by atoms with Crippen molar-refractivity contribution in [1.82, 2.24) is 0 Å². The molecule has 0 N–H and O–H groups in total. The van der Waals surface area contributed by atoms with Gasteiger partial charge in [0.15, 0.2) is 5.76 Å². The monoisotopic (exact) mass is 280 g/mol. The van der Waals surface area contributed by atoms with Crippen LogP contribution in [0.3, 0.4) is 0 Å². The van der Waals surface area contributed by atoms with Gasteiger partial charge in [0.1, 0.15) is 24.5 Å². The summed E-state index contributed by atoms with van der Waals surface area (Å²) in [5.41, 5.74) is 1.12. The molecule has 0 amide bonds. The lowest BCUT2D eigenvalue weighted by Gasteiger charge is -2.18. The Kier molecular flexibility index (Phi) is 2.67. The molecular weight excluding hydrogens is 268 g/mol. The van der Waals surface area contributed by atoms with E-state index in [-0.39, 0.29) is 11.2 Å². The van der Waals surface area contributed by atoms with Gasteiger partial charge in [0.2, 0.25) is 11.2 Å².